The minimum Gasteiger partial charge on any atom is -0.508 e. The summed E-state index contributed by atoms with van der Waals surface area (Å²) in [4.78, 5) is 17.0. The number of amides is 1. The number of hydrogen-bond donors (Lipinski definition) is 1. The number of aromatic nitrogens is 1. The van der Waals surface area contributed by atoms with Gasteiger partial charge in [0.1, 0.15) is 28.6 Å². The van der Waals surface area contributed by atoms with Crippen LogP contribution in [0, 0.1) is 12.7 Å². The molecule has 0 bridgehead atoms. The Labute approximate surface area is 161 Å². The van der Waals surface area contributed by atoms with E-state index in [1.165, 1.54) is 6.07 Å². The molecule has 0 atom stereocenters. The number of phenols is 1. The normalized spacial score (nSPS) is 14.4. The summed E-state index contributed by atoms with van der Waals surface area (Å²) in [6.07, 6.45) is 0. The summed E-state index contributed by atoms with van der Waals surface area (Å²) in [5.74, 6) is -0.0465. The summed E-state index contributed by atoms with van der Waals surface area (Å²) in [6, 6.07) is 13.2. The Balaban J connectivity index is 1.53. The molecule has 0 aliphatic carbocycles. The molecule has 2 heterocycles. The molecule has 1 aromatic heterocycles. The SMILES string of the molecule is Cc1onc(-c2ccccc2F)c1C(=O)N1CCN(c2ccc(O)cc2)CC1. The van der Waals surface area contributed by atoms with Gasteiger partial charge in [0, 0.05) is 37.4 Å². The third kappa shape index (κ3) is 3.31. The van der Waals surface area contributed by atoms with E-state index in [0.29, 0.717) is 37.5 Å². The summed E-state index contributed by atoms with van der Waals surface area (Å²) in [5.41, 5.74) is 1.80. The van der Waals surface area contributed by atoms with Crippen molar-refractivity contribution >= 4 is 11.6 Å². The highest BCUT2D eigenvalue weighted by atomic mass is 19.1. The van der Waals surface area contributed by atoms with Crippen LogP contribution in [0.25, 0.3) is 11.3 Å². The van der Waals surface area contributed by atoms with E-state index in [9.17, 15) is 14.3 Å². The number of anilines is 1. The fourth-order valence-electron chi connectivity index (χ4n) is 3.45. The minimum absolute atomic E-state index is 0.206. The van der Waals surface area contributed by atoms with Gasteiger partial charge in [-0.3, -0.25) is 4.79 Å². The van der Waals surface area contributed by atoms with Crippen molar-refractivity contribution in [2.45, 2.75) is 6.92 Å². The number of carbonyl (C=O) groups is 1. The van der Waals surface area contributed by atoms with Crippen molar-refractivity contribution in [1.82, 2.24) is 10.1 Å². The van der Waals surface area contributed by atoms with Crippen LogP contribution in [0.1, 0.15) is 16.1 Å². The molecule has 6 nitrogen and oxygen atoms in total. The Morgan fingerprint density at radius 1 is 1.07 bits per heavy atom. The summed E-state index contributed by atoms with van der Waals surface area (Å²) in [6.45, 7) is 4.05. The number of aryl methyl sites for hydroxylation is 1. The average Bonchev–Trinajstić information content (AvgIpc) is 3.10. The number of carbonyl (C=O) groups excluding carboxylic acids is 1. The van der Waals surface area contributed by atoms with Gasteiger partial charge in [0.2, 0.25) is 0 Å². The number of benzene rings is 2. The number of hydrogen-bond acceptors (Lipinski definition) is 5. The highest BCUT2D eigenvalue weighted by Gasteiger charge is 2.29. The van der Waals surface area contributed by atoms with Gasteiger partial charge in [-0.2, -0.15) is 0 Å². The Hall–Kier alpha value is -3.35. The van der Waals surface area contributed by atoms with Gasteiger partial charge < -0.3 is 19.4 Å². The van der Waals surface area contributed by atoms with E-state index < -0.39 is 5.82 Å². The highest BCUT2D eigenvalue weighted by molar-refractivity contribution is 6.01. The first-order chi connectivity index (χ1) is 13.5. The van der Waals surface area contributed by atoms with Crippen LogP contribution in [0.4, 0.5) is 10.1 Å². The van der Waals surface area contributed by atoms with Crippen LogP contribution in [0.3, 0.4) is 0 Å². The second-order valence-corrected chi connectivity index (χ2v) is 6.74. The van der Waals surface area contributed by atoms with Gasteiger partial charge in [-0.1, -0.05) is 17.3 Å². The van der Waals surface area contributed by atoms with Crippen LogP contribution in [-0.2, 0) is 0 Å². The van der Waals surface area contributed by atoms with Crippen molar-refractivity contribution in [2.24, 2.45) is 0 Å². The first kappa shape index (κ1) is 18.0. The molecule has 0 unspecified atom stereocenters. The van der Waals surface area contributed by atoms with Crippen LogP contribution < -0.4 is 4.90 Å². The quantitative estimate of drug-likeness (QED) is 0.752. The van der Waals surface area contributed by atoms with Crippen LogP contribution in [0.15, 0.2) is 53.1 Å². The molecular formula is C21H20FN3O3. The molecule has 1 saturated heterocycles. The van der Waals surface area contributed by atoms with Crippen LogP contribution >= 0.6 is 0 Å². The van der Waals surface area contributed by atoms with Crippen molar-refractivity contribution in [3.63, 3.8) is 0 Å². The van der Waals surface area contributed by atoms with Gasteiger partial charge in [0.15, 0.2) is 0 Å². The van der Waals surface area contributed by atoms with E-state index in [0.717, 1.165) is 5.69 Å². The van der Waals surface area contributed by atoms with Crippen molar-refractivity contribution in [3.05, 3.63) is 65.7 Å². The third-order valence-electron chi connectivity index (χ3n) is 4.99. The highest BCUT2D eigenvalue weighted by Crippen LogP contribution is 2.29. The molecule has 0 radical (unpaired) electrons. The molecule has 28 heavy (non-hydrogen) atoms. The van der Waals surface area contributed by atoms with E-state index in [1.807, 2.05) is 12.1 Å². The van der Waals surface area contributed by atoms with Crippen molar-refractivity contribution < 1.29 is 18.8 Å². The largest absolute Gasteiger partial charge is 0.508 e. The minimum atomic E-state index is -0.443. The molecule has 1 N–H and O–H groups in total. The molecule has 1 aliphatic rings. The second-order valence-electron chi connectivity index (χ2n) is 6.74. The fraction of sp³-hybridized carbons (Fsp3) is 0.238. The summed E-state index contributed by atoms with van der Waals surface area (Å²) in [7, 11) is 0. The van der Waals surface area contributed by atoms with E-state index in [2.05, 4.69) is 10.1 Å². The first-order valence-corrected chi connectivity index (χ1v) is 9.09. The maximum Gasteiger partial charge on any atom is 0.259 e. The molecule has 1 amide bonds. The summed E-state index contributed by atoms with van der Waals surface area (Å²) >= 11 is 0. The molecule has 2 aromatic carbocycles. The standard InChI is InChI=1S/C21H20FN3O3/c1-14-19(20(23-28-14)17-4-2-3-5-18(17)22)21(27)25-12-10-24(11-13-25)15-6-8-16(26)9-7-15/h2-9,26H,10-13H2,1H3. The molecule has 0 spiro atoms. The predicted molar refractivity (Wildman–Crippen MR) is 103 cm³/mol. The van der Waals surface area contributed by atoms with Gasteiger partial charge in [0.25, 0.3) is 5.91 Å². The number of piperazine rings is 1. The van der Waals surface area contributed by atoms with Crippen LogP contribution in [0.2, 0.25) is 0 Å². The molecule has 3 aromatic rings. The first-order valence-electron chi connectivity index (χ1n) is 9.09. The van der Waals surface area contributed by atoms with Crippen molar-refractivity contribution in [2.75, 3.05) is 31.1 Å². The fourth-order valence-corrected chi connectivity index (χ4v) is 3.45. The molecule has 1 aliphatic heterocycles. The number of rotatable bonds is 3. The average molecular weight is 381 g/mol. The van der Waals surface area contributed by atoms with Gasteiger partial charge >= 0.3 is 0 Å². The second kappa shape index (κ2) is 7.34. The maximum absolute atomic E-state index is 14.2. The smallest absolute Gasteiger partial charge is 0.259 e. The lowest BCUT2D eigenvalue weighted by Gasteiger charge is -2.36. The monoisotopic (exact) mass is 381 g/mol. The molecule has 7 heteroatoms. The van der Waals surface area contributed by atoms with E-state index in [1.54, 1.807) is 42.2 Å². The zero-order chi connectivity index (χ0) is 19.7. The zero-order valence-electron chi connectivity index (χ0n) is 15.4. The van der Waals surface area contributed by atoms with E-state index >= 15 is 0 Å². The Bertz CT molecular complexity index is 992. The van der Waals surface area contributed by atoms with Gasteiger partial charge in [0.05, 0.1) is 0 Å². The predicted octanol–water partition coefficient (Wildman–Crippen LogP) is 3.46. The summed E-state index contributed by atoms with van der Waals surface area (Å²) in [5, 5.41) is 13.4. The van der Waals surface area contributed by atoms with E-state index in [4.69, 9.17) is 4.52 Å². The Morgan fingerprint density at radius 3 is 2.43 bits per heavy atom. The lowest BCUT2D eigenvalue weighted by atomic mass is 10.0. The molecule has 144 valence electrons. The van der Waals surface area contributed by atoms with Crippen molar-refractivity contribution in [3.8, 4) is 17.0 Å². The molecular weight excluding hydrogens is 361 g/mol. The number of phenolic OH excluding ortho intramolecular Hbond substituents is 1. The third-order valence-corrected chi connectivity index (χ3v) is 4.99. The topological polar surface area (TPSA) is 69.8 Å². The summed E-state index contributed by atoms with van der Waals surface area (Å²) < 4.78 is 19.4. The molecule has 4 rings (SSSR count). The maximum atomic E-state index is 14.2. The van der Waals surface area contributed by atoms with Crippen LogP contribution in [-0.4, -0.2) is 47.2 Å². The lowest BCUT2D eigenvalue weighted by molar-refractivity contribution is 0.0745. The number of aromatic hydroxyl groups is 1. The van der Waals surface area contributed by atoms with Gasteiger partial charge in [-0.15, -0.1) is 0 Å². The zero-order valence-corrected chi connectivity index (χ0v) is 15.4. The number of nitrogens with zero attached hydrogens (tertiary/aromatic N) is 3. The van der Waals surface area contributed by atoms with Gasteiger partial charge in [-0.05, 0) is 43.3 Å². The molecule has 1 fully saturated rings. The van der Waals surface area contributed by atoms with Crippen molar-refractivity contribution in [1.29, 1.82) is 0 Å². The molecule has 0 saturated carbocycles. The Kier molecular flexibility index (Phi) is 4.73. The number of halogens is 1. The Morgan fingerprint density at radius 2 is 1.75 bits per heavy atom. The lowest BCUT2D eigenvalue weighted by Crippen LogP contribution is -2.49. The van der Waals surface area contributed by atoms with Gasteiger partial charge in [-0.25, -0.2) is 4.39 Å². The van der Waals surface area contributed by atoms with E-state index in [-0.39, 0.29) is 22.9 Å². The van der Waals surface area contributed by atoms with Crippen LogP contribution in [0.5, 0.6) is 5.75 Å².